The van der Waals surface area contributed by atoms with Crippen molar-refractivity contribution in [3.05, 3.63) is 0 Å². The molecule has 11 heavy (non-hydrogen) atoms. The molecular weight excluding hydrogens is 140 g/mol. The lowest BCUT2D eigenvalue weighted by molar-refractivity contribution is 0.137. The van der Waals surface area contributed by atoms with E-state index in [1.165, 1.54) is 12.8 Å². The second-order valence-electron chi connectivity index (χ2n) is 2.60. The van der Waals surface area contributed by atoms with Crippen molar-refractivity contribution in [3.63, 3.8) is 0 Å². The monoisotopic (exact) mass is 160 g/mol. The van der Waals surface area contributed by atoms with Gasteiger partial charge in [0.05, 0.1) is 6.61 Å². The first-order valence-electron chi connectivity index (χ1n) is 4.39. The van der Waals surface area contributed by atoms with E-state index in [2.05, 4.69) is 0 Å². The Kier molecular flexibility index (Phi) is 9.77. The van der Waals surface area contributed by atoms with Crippen LogP contribution in [0.5, 0.6) is 0 Å². The maximum absolute atomic E-state index is 5.34. The zero-order valence-corrected chi connectivity index (χ0v) is 7.22. The molecule has 0 radical (unpaired) electrons. The molecule has 0 bridgehead atoms. The van der Waals surface area contributed by atoms with Gasteiger partial charge in [0.2, 0.25) is 0 Å². The SMILES string of the molecule is NCCCCCCOCCN. The quantitative estimate of drug-likeness (QED) is 0.508. The van der Waals surface area contributed by atoms with Crippen molar-refractivity contribution in [1.29, 1.82) is 0 Å². The highest BCUT2D eigenvalue weighted by molar-refractivity contribution is 4.43. The van der Waals surface area contributed by atoms with Crippen molar-refractivity contribution in [2.24, 2.45) is 11.5 Å². The fraction of sp³-hybridized carbons (Fsp3) is 1.00. The van der Waals surface area contributed by atoms with E-state index in [1.807, 2.05) is 0 Å². The maximum atomic E-state index is 5.34. The highest BCUT2D eigenvalue weighted by Crippen LogP contribution is 1.98. The van der Waals surface area contributed by atoms with Crippen LogP contribution in [0, 0.1) is 0 Å². The molecule has 0 saturated heterocycles. The molecule has 0 rings (SSSR count). The van der Waals surface area contributed by atoms with Crippen LogP contribution >= 0.6 is 0 Å². The molecule has 0 fully saturated rings. The Hall–Kier alpha value is -0.120. The minimum atomic E-state index is 0.628. The van der Waals surface area contributed by atoms with Crippen LogP contribution in [0.25, 0.3) is 0 Å². The summed E-state index contributed by atoms with van der Waals surface area (Å²) in [7, 11) is 0. The summed E-state index contributed by atoms with van der Waals surface area (Å²) in [6.45, 7) is 2.98. The van der Waals surface area contributed by atoms with Crippen LogP contribution in [0.15, 0.2) is 0 Å². The average molecular weight is 160 g/mol. The number of unbranched alkanes of at least 4 members (excludes halogenated alkanes) is 3. The standard InChI is InChI=1S/C8H20N2O/c9-5-3-1-2-4-7-11-8-6-10/h1-10H2. The minimum Gasteiger partial charge on any atom is -0.380 e. The van der Waals surface area contributed by atoms with Gasteiger partial charge in [-0.15, -0.1) is 0 Å². The van der Waals surface area contributed by atoms with Gasteiger partial charge in [0.25, 0.3) is 0 Å². The summed E-state index contributed by atoms with van der Waals surface area (Å²) in [4.78, 5) is 0. The summed E-state index contributed by atoms with van der Waals surface area (Å²) in [5.41, 5.74) is 10.6. The summed E-state index contributed by atoms with van der Waals surface area (Å²) < 4.78 is 5.21. The van der Waals surface area contributed by atoms with Crippen LogP contribution in [0.2, 0.25) is 0 Å². The fourth-order valence-corrected chi connectivity index (χ4v) is 0.887. The van der Waals surface area contributed by atoms with Crippen molar-refractivity contribution in [1.82, 2.24) is 0 Å². The molecule has 0 aromatic heterocycles. The zero-order chi connectivity index (χ0) is 8.36. The Morgan fingerprint density at radius 2 is 1.45 bits per heavy atom. The number of ether oxygens (including phenoxy) is 1. The molecule has 0 spiro atoms. The van der Waals surface area contributed by atoms with Gasteiger partial charge in [0, 0.05) is 13.2 Å². The topological polar surface area (TPSA) is 61.3 Å². The Balaban J connectivity index is 2.69. The first kappa shape index (κ1) is 10.9. The normalized spacial score (nSPS) is 10.4. The lowest BCUT2D eigenvalue weighted by atomic mass is 10.2. The van der Waals surface area contributed by atoms with Gasteiger partial charge < -0.3 is 16.2 Å². The molecule has 0 atom stereocenters. The van der Waals surface area contributed by atoms with Crippen molar-refractivity contribution in [2.75, 3.05) is 26.3 Å². The molecular formula is C8H20N2O. The third-order valence-corrected chi connectivity index (χ3v) is 1.50. The molecule has 4 N–H and O–H groups in total. The van der Waals surface area contributed by atoms with E-state index in [1.54, 1.807) is 0 Å². The molecule has 0 aromatic carbocycles. The molecule has 0 aliphatic heterocycles. The van der Waals surface area contributed by atoms with E-state index < -0.39 is 0 Å². The molecule has 0 heterocycles. The van der Waals surface area contributed by atoms with Crippen molar-refractivity contribution < 1.29 is 4.74 Å². The number of hydrogen-bond donors (Lipinski definition) is 2. The largest absolute Gasteiger partial charge is 0.380 e. The van der Waals surface area contributed by atoms with E-state index in [-0.39, 0.29) is 0 Å². The van der Waals surface area contributed by atoms with Gasteiger partial charge in [0.1, 0.15) is 0 Å². The Morgan fingerprint density at radius 3 is 2.09 bits per heavy atom. The second-order valence-corrected chi connectivity index (χ2v) is 2.60. The van der Waals surface area contributed by atoms with E-state index >= 15 is 0 Å². The summed E-state index contributed by atoms with van der Waals surface area (Å²) in [6.07, 6.45) is 4.72. The van der Waals surface area contributed by atoms with E-state index in [0.717, 1.165) is 26.0 Å². The zero-order valence-electron chi connectivity index (χ0n) is 7.22. The number of rotatable bonds is 8. The number of nitrogens with two attached hydrogens (primary N) is 2. The summed E-state index contributed by atoms with van der Waals surface area (Å²) in [5.74, 6) is 0. The van der Waals surface area contributed by atoms with Crippen molar-refractivity contribution in [3.8, 4) is 0 Å². The molecule has 3 heteroatoms. The highest BCUT2D eigenvalue weighted by atomic mass is 16.5. The van der Waals surface area contributed by atoms with E-state index in [0.29, 0.717) is 13.2 Å². The molecule has 0 aliphatic carbocycles. The van der Waals surface area contributed by atoms with Crippen molar-refractivity contribution >= 4 is 0 Å². The molecule has 0 aliphatic rings. The summed E-state index contributed by atoms with van der Waals surface area (Å²) >= 11 is 0. The van der Waals surface area contributed by atoms with Gasteiger partial charge in [-0.2, -0.15) is 0 Å². The lowest BCUT2D eigenvalue weighted by Crippen LogP contribution is -2.09. The molecule has 68 valence electrons. The average Bonchev–Trinajstić information content (AvgIpc) is 2.03. The van der Waals surface area contributed by atoms with Gasteiger partial charge in [-0.25, -0.2) is 0 Å². The van der Waals surface area contributed by atoms with E-state index in [4.69, 9.17) is 16.2 Å². The third kappa shape index (κ3) is 9.88. The van der Waals surface area contributed by atoms with Gasteiger partial charge in [-0.1, -0.05) is 12.8 Å². The molecule has 0 amide bonds. The Labute approximate surface area is 69.1 Å². The van der Waals surface area contributed by atoms with Crippen molar-refractivity contribution in [2.45, 2.75) is 25.7 Å². The summed E-state index contributed by atoms with van der Waals surface area (Å²) in [5, 5.41) is 0. The summed E-state index contributed by atoms with van der Waals surface area (Å²) in [6, 6.07) is 0. The third-order valence-electron chi connectivity index (χ3n) is 1.50. The Morgan fingerprint density at radius 1 is 0.727 bits per heavy atom. The van der Waals surface area contributed by atoms with Crippen LogP contribution in [0.3, 0.4) is 0 Å². The van der Waals surface area contributed by atoms with Crippen LogP contribution in [-0.4, -0.2) is 26.3 Å². The molecule has 0 aromatic rings. The van der Waals surface area contributed by atoms with Gasteiger partial charge >= 0.3 is 0 Å². The number of hydrogen-bond acceptors (Lipinski definition) is 3. The highest BCUT2D eigenvalue weighted by Gasteiger charge is 1.88. The van der Waals surface area contributed by atoms with Crippen LogP contribution in [-0.2, 0) is 4.74 Å². The van der Waals surface area contributed by atoms with Crippen LogP contribution in [0.1, 0.15) is 25.7 Å². The molecule has 3 nitrogen and oxygen atoms in total. The van der Waals surface area contributed by atoms with E-state index in [9.17, 15) is 0 Å². The fourth-order valence-electron chi connectivity index (χ4n) is 0.887. The maximum Gasteiger partial charge on any atom is 0.0588 e. The molecule has 0 unspecified atom stereocenters. The first-order valence-corrected chi connectivity index (χ1v) is 4.39. The van der Waals surface area contributed by atoms with Gasteiger partial charge in [0.15, 0.2) is 0 Å². The van der Waals surface area contributed by atoms with Gasteiger partial charge in [-0.05, 0) is 19.4 Å². The Bertz CT molecular complexity index is 61.1. The predicted octanol–water partition coefficient (Wildman–Crippen LogP) is 0.481. The van der Waals surface area contributed by atoms with Crippen LogP contribution < -0.4 is 11.5 Å². The van der Waals surface area contributed by atoms with Gasteiger partial charge in [-0.3, -0.25) is 0 Å². The smallest absolute Gasteiger partial charge is 0.0588 e. The lowest BCUT2D eigenvalue weighted by Gasteiger charge is -2.01. The first-order chi connectivity index (χ1) is 5.41. The second kappa shape index (κ2) is 9.88. The van der Waals surface area contributed by atoms with Crippen LogP contribution in [0.4, 0.5) is 0 Å². The predicted molar refractivity (Wildman–Crippen MR) is 47.4 cm³/mol. The molecule has 0 saturated carbocycles. The minimum absolute atomic E-state index is 0.628.